The van der Waals surface area contributed by atoms with Crippen LogP contribution in [-0.2, 0) is 27.2 Å². The van der Waals surface area contributed by atoms with Crippen molar-refractivity contribution < 1.29 is 81.3 Å². The first-order valence-electron chi connectivity index (χ1n) is 8.39. The van der Waals surface area contributed by atoms with Gasteiger partial charge in [-0.05, 0) is 6.07 Å². The Hall–Kier alpha value is -0.220. The number of anilines is 1. The second-order valence-corrected chi connectivity index (χ2v) is 10.4. The van der Waals surface area contributed by atoms with Gasteiger partial charge in [0.25, 0.3) is 15.6 Å². The van der Waals surface area contributed by atoms with Gasteiger partial charge in [0.15, 0.2) is 13.0 Å². The van der Waals surface area contributed by atoms with Gasteiger partial charge in [-0.25, -0.2) is 9.11 Å². The van der Waals surface area contributed by atoms with Crippen molar-refractivity contribution in [2.45, 2.75) is 24.5 Å². The van der Waals surface area contributed by atoms with Crippen molar-refractivity contribution in [1.82, 2.24) is 9.55 Å². The number of hydrogen-bond donors (Lipinski definition) is 3. The van der Waals surface area contributed by atoms with Crippen molar-refractivity contribution in [3.05, 3.63) is 22.7 Å². The largest absolute Gasteiger partial charge is 1.00 e. The maximum absolute atomic E-state index is 11.9. The van der Waals surface area contributed by atoms with Gasteiger partial charge in [-0.15, -0.1) is 0 Å². The van der Waals surface area contributed by atoms with Gasteiger partial charge >= 0.3 is 35.2 Å². The summed E-state index contributed by atoms with van der Waals surface area (Å²) >= 11 is 0. The maximum Gasteiger partial charge on any atom is 1.00 e. The Morgan fingerprint density at radius 2 is 1.81 bits per heavy atom. The smallest absolute Gasteiger partial charge is 0.756 e. The summed E-state index contributed by atoms with van der Waals surface area (Å²) in [5.74, 6) is -0.0804. The molecule has 1 aromatic rings. The molecular formula is C13H23N4NaO11P2. The van der Waals surface area contributed by atoms with Crippen LogP contribution in [0.3, 0.4) is 0 Å². The molecule has 6 atom stereocenters. The van der Waals surface area contributed by atoms with E-state index in [9.17, 15) is 33.9 Å². The molecule has 1 saturated heterocycles. The molecular weight excluding hydrogens is 473 g/mol. The van der Waals surface area contributed by atoms with E-state index in [1.807, 2.05) is 0 Å². The molecule has 15 nitrogen and oxygen atoms in total. The summed E-state index contributed by atoms with van der Waals surface area (Å²) in [7, 11) is -5.91. The summed E-state index contributed by atoms with van der Waals surface area (Å²) in [5.41, 5.74) is 4.49. The Morgan fingerprint density at radius 3 is 2.35 bits per heavy atom. The fourth-order valence-corrected chi connectivity index (χ4v) is 4.47. The van der Waals surface area contributed by atoms with Crippen molar-refractivity contribution in [2.75, 3.05) is 40.2 Å². The summed E-state index contributed by atoms with van der Waals surface area (Å²) in [6, 6.07) is 1.25. The first-order valence-corrected chi connectivity index (χ1v) is 11.3. The fraction of sp³-hybridized carbons (Fsp3) is 0.692. The van der Waals surface area contributed by atoms with E-state index in [1.54, 1.807) is 21.1 Å². The van der Waals surface area contributed by atoms with E-state index < -0.39 is 59.2 Å². The molecule has 0 radical (unpaired) electrons. The average Bonchev–Trinajstić information content (AvgIpc) is 2.85. The average molecular weight is 496 g/mol. The number of quaternary nitrogens is 1. The predicted molar refractivity (Wildman–Crippen MR) is 95.1 cm³/mol. The van der Waals surface area contributed by atoms with Crippen LogP contribution in [0.25, 0.3) is 0 Å². The summed E-state index contributed by atoms with van der Waals surface area (Å²) in [4.78, 5) is 38.8. The molecule has 0 bridgehead atoms. The third-order valence-electron chi connectivity index (χ3n) is 3.66. The zero-order chi connectivity index (χ0) is 22.9. The quantitative estimate of drug-likeness (QED) is 0.126. The number of phosphoric ester groups is 2. The molecule has 0 amide bonds. The second kappa shape index (κ2) is 10.8. The van der Waals surface area contributed by atoms with Gasteiger partial charge in [0.1, 0.15) is 24.1 Å². The van der Waals surface area contributed by atoms with E-state index in [2.05, 4.69) is 18.3 Å². The Morgan fingerprint density at radius 1 is 1.23 bits per heavy atom. The Bertz CT molecular complexity index is 910. The van der Waals surface area contributed by atoms with Crippen molar-refractivity contribution in [3.8, 4) is 0 Å². The van der Waals surface area contributed by atoms with Crippen molar-refractivity contribution in [3.63, 3.8) is 0 Å². The van der Waals surface area contributed by atoms with Crippen molar-refractivity contribution >= 4 is 21.5 Å². The predicted octanol–water partition coefficient (Wildman–Crippen LogP) is -5.90. The third kappa shape index (κ3) is 8.57. The van der Waals surface area contributed by atoms with Gasteiger partial charge in [0, 0.05) is 6.20 Å². The summed E-state index contributed by atoms with van der Waals surface area (Å²) in [6.45, 7) is -1.31. The number of phosphoric acid groups is 2. The molecule has 1 fully saturated rings. The van der Waals surface area contributed by atoms with Gasteiger partial charge < -0.3 is 39.5 Å². The summed E-state index contributed by atoms with van der Waals surface area (Å²) in [6.07, 6.45) is -5.02. The van der Waals surface area contributed by atoms with E-state index in [4.69, 9.17) is 10.5 Å². The molecule has 0 aliphatic carbocycles. The second-order valence-electron chi connectivity index (χ2n) is 7.41. The normalized spacial score (nSPS) is 27.8. The van der Waals surface area contributed by atoms with E-state index >= 15 is 0 Å². The number of nitrogens with two attached hydrogens (primary N) is 1. The molecule has 1 aliphatic heterocycles. The minimum atomic E-state index is -5.43. The number of aliphatic hydroxyl groups is 2. The number of rotatable bonds is 9. The van der Waals surface area contributed by atoms with E-state index in [-0.39, 0.29) is 39.9 Å². The van der Waals surface area contributed by atoms with Crippen molar-refractivity contribution in [1.29, 1.82) is 0 Å². The van der Waals surface area contributed by atoms with Gasteiger partial charge in [-0.2, -0.15) is 4.98 Å². The number of ether oxygens (including phenoxy) is 1. The first kappa shape index (κ1) is 28.8. The summed E-state index contributed by atoms with van der Waals surface area (Å²) < 4.78 is 42.5. The monoisotopic (exact) mass is 496 g/mol. The van der Waals surface area contributed by atoms with Crippen LogP contribution in [0.5, 0.6) is 0 Å². The molecule has 1 aliphatic rings. The first-order chi connectivity index (χ1) is 13.6. The fourth-order valence-electron chi connectivity index (χ4n) is 2.29. The van der Waals surface area contributed by atoms with Gasteiger partial charge in [-0.3, -0.25) is 18.2 Å². The van der Waals surface area contributed by atoms with Crippen LogP contribution in [0.15, 0.2) is 17.1 Å². The van der Waals surface area contributed by atoms with Crippen LogP contribution in [0, 0.1) is 0 Å². The molecule has 1 aromatic heterocycles. The molecule has 18 heteroatoms. The van der Waals surface area contributed by atoms with Crippen LogP contribution in [0.1, 0.15) is 6.23 Å². The van der Waals surface area contributed by atoms with Crippen LogP contribution < -0.4 is 50.8 Å². The van der Waals surface area contributed by atoms with Gasteiger partial charge in [0.2, 0.25) is 0 Å². The molecule has 0 spiro atoms. The molecule has 4 N–H and O–H groups in total. The SMILES string of the molecule is C[N+](C)(C)COP(=O)([O-])OP(=O)([O-])OC[C@H]1O[C@@H](n2ccc(N)nc2=O)[C@H](O)[C@@H]1O.[Na+]. The van der Waals surface area contributed by atoms with Crippen LogP contribution >= 0.6 is 15.6 Å². The van der Waals surface area contributed by atoms with E-state index in [0.717, 1.165) is 10.8 Å². The van der Waals surface area contributed by atoms with E-state index in [0.29, 0.717) is 0 Å². The standard InChI is InChI=1S/C13H24N4O11P2.Na/c1-17(2,3)7-26-30(23,24)28-29(21,22)25-6-8-10(18)11(19)12(27-8)16-5-4-9(14)15-13(16)20;/h4-5,8,10-12,18-19H,6-7H2,1-3H3,(H3-,14,15,20,21,22,23,24);/q;+1/p-1/t8-,10-,11-,12-;/m1./s1. The van der Waals surface area contributed by atoms with Crippen LogP contribution in [-0.4, -0.2) is 77.0 Å². The maximum atomic E-state index is 11.9. The van der Waals surface area contributed by atoms with Crippen molar-refractivity contribution in [2.24, 2.45) is 0 Å². The number of aromatic nitrogens is 2. The molecule has 172 valence electrons. The topological polar surface area (TPSA) is 219 Å². The molecule has 2 heterocycles. The van der Waals surface area contributed by atoms with E-state index in [1.165, 1.54) is 6.07 Å². The Kier molecular flexibility index (Phi) is 10.0. The molecule has 0 saturated carbocycles. The van der Waals surface area contributed by atoms with Crippen LogP contribution in [0.4, 0.5) is 5.82 Å². The van der Waals surface area contributed by atoms with Gasteiger partial charge in [0.05, 0.1) is 27.7 Å². The molecule has 31 heavy (non-hydrogen) atoms. The zero-order valence-corrected chi connectivity index (χ0v) is 21.0. The Labute approximate surface area is 199 Å². The molecule has 2 rings (SSSR count). The minimum Gasteiger partial charge on any atom is -0.756 e. The minimum absolute atomic E-state index is 0. The number of nitrogen functional groups attached to an aromatic ring is 1. The number of nitrogens with zero attached hydrogens (tertiary/aromatic N) is 3. The molecule has 0 aromatic carbocycles. The summed E-state index contributed by atoms with van der Waals surface area (Å²) in [5, 5.41) is 20.1. The zero-order valence-electron chi connectivity index (χ0n) is 17.3. The number of hydrogen-bond acceptors (Lipinski definition) is 13. The Balaban J connectivity index is 0.00000480. The number of aliphatic hydroxyl groups excluding tert-OH is 2. The van der Waals surface area contributed by atoms with Gasteiger partial charge in [-0.1, -0.05) is 0 Å². The third-order valence-corrected chi connectivity index (χ3v) is 6.16. The molecule has 2 unspecified atom stereocenters. The van der Waals surface area contributed by atoms with Crippen LogP contribution in [0.2, 0.25) is 0 Å².